The summed E-state index contributed by atoms with van der Waals surface area (Å²) in [7, 11) is 0. The van der Waals surface area contributed by atoms with Gasteiger partial charge < -0.3 is 67.2 Å². The van der Waals surface area contributed by atoms with Crippen LogP contribution in [0.2, 0.25) is 0 Å². The summed E-state index contributed by atoms with van der Waals surface area (Å²) >= 11 is 0.870. The average Bonchev–Trinajstić information content (AvgIpc) is 3.31. The summed E-state index contributed by atoms with van der Waals surface area (Å²) in [5.74, 6) is -16.7. The van der Waals surface area contributed by atoms with Gasteiger partial charge in [0.25, 0.3) is 23.4 Å². The molecule has 0 unspecified atom stereocenters. The molecule has 17 heteroatoms. The van der Waals surface area contributed by atoms with Gasteiger partial charge in [0.15, 0.2) is 16.6 Å². The van der Waals surface area contributed by atoms with Crippen molar-refractivity contribution in [2.45, 2.75) is 23.9 Å². The Balaban J connectivity index is 1.70. The third-order valence-corrected chi connectivity index (χ3v) is 6.12. The average molecular weight is 557 g/mol. The van der Waals surface area contributed by atoms with E-state index in [2.05, 4.69) is 10.3 Å². The van der Waals surface area contributed by atoms with Crippen molar-refractivity contribution in [2.24, 2.45) is 0 Å². The van der Waals surface area contributed by atoms with E-state index in [1.807, 2.05) is 5.32 Å². The molecule has 3 rings (SSSR count). The van der Waals surface area contributed by atoms with Crippen molar-refractivity contribution in [3.05, 3.63) is 46.5 Å². The van der Waals surface area contributed by atoms with Crippen molar-refractivity contribution >= 4 is 28.1 Å². The fraction of sp³-hybridized carbons (Fsp3) is 0.238. The van der Waals surface area contributed by atoms with Crippen LogP contribution < -0.4 is 16.4 Å². The van der Waals surface area contributed by atoms with Crippen LogP contribution in [0.3, 0.4) is 0 Å². The van der Waals surface area contributed by atoms with E-state index < -0.39 is 81.9 Å². The minimum absolute atomic E-state index is 0.00933. The first-order chi connectivity index (χ1) is 17.5. The molecule has 1 heterocycles. The molecule has 0 fully saturated rings. The number of phenols is 5. The van der Waals surface area contributed by atoms with Gasteiger partial charge in [0.2, 0.25) is 17.2 Å². The fourth-order valence-corrected chi connectivity index (χ4v) is 3.83. The second kappa shape index (κ2) is 10.1. The normalized spacial score (nSPS) is 12.5. The second-order valence-electron chi connectivity index (χ2n) is 8.02. The van der Waals surface area contributed by atoms with E-state index >= 15 is 0 Å². The Morgan fingerprint density at radius 2 is 1.39 bits per heavy atom. The molecule has 206 valence electrons. The number of anilines is 2. The minimum Gasteiger partial charge on any atom is -0.504 e. The number of aliphatic hydroxyl groups is 6. The predicted molar refractivity (Wildman–Crippen MR) is 127 cm³/mol. The molecule has 0 atom stereocenters. The smallest absolute Gasteiger partial charge is 0.291 e. The lowest BCUT2D eigenvalue weighted by molar-refractivity contribution is -0.378. The number of thiazole rings is 1. The molecule has 16 nitrogen and oxygen atoms in total. The van der Waals surface area contributed by atoms with Gasteiger partial charge in [-0.2, -0.15) is 0 Å². The van der Waals surface area contributed by atoms with Crippen LogP contribution in [-0.2, 0) is 22.8 Å². The number of nitrogens with two attached hydrogens (primary N) is 1. The van der Waals surface area contributed by atoms with Crippen LogP contribution in [0.25, 0.3) is 0 Å². The highest BCUT2D eigenvalue weighted by Crippen LogP contribution is 2.50. The van der Waals surface area contributed by atoms with Gasteiger partial charge in [-0.15, -0.1) is 11.3 Å². The van der Waals surface area contributed by atoms with Crippen LogP contribution in [0.15, 0.2) is 29.6 Å². The highest BCUT2D eigenvalue weighted by Gasteiger charge is 2.49. The molecule has 0 saturated carbocycles. The molecule has 0 aliphatic heterocycles. The van der Waals surface area contributed by atoms with Gasteiger partial charge in [-0.05, 0) is 18.6 Å². The maximum absolute atomic E-state index is 12.3. The van der Waals surface area contributed by atoms with Crippen molar-refractivity contribution in [1.29, 1.82) is 0 Å². The van der Waals surface area contributed by atoms with Gasteiger partial charge in [-0.1, -0.05) is 12.1 Å². The first kappa shape index (κ1) is 28.6. The van der Waals surface area contributed by atoms with Gasteiger partial charge >= 0.3 is 0 Å². The van der Waals surface area contributed by atoms with E-state index in [4.69, 9.17) is 5.73 Å². The fourth-order valence-electron chi connectivity index (χ4n) is 3.23. The van der Waals surface area contributed by atoms with Crippen LogP contribution in [-0.4, -0.2) is 79.5 Å². The van der Waals surface area contributed by atoms with Crippen molar-refractivity contribution in [1.82, 2.24) is 10.3 Å². The molecule has 1 amide bonds. The van der Waals surface area contributed by atoms with E-state index in [1.165, 1.54) is 0 Å². The number of hydrogen-bond donors (Lipinski definition) is 14. The van der Waals surface area contributed by atoms with E-state index in [1.54, 1.807) is 0 Å². The number of aromatic nitrogens is 1. The van der Waals surface area contributed by atoms with Crippen LogP contribution in [0.4, 0.5) is 10.8 Å². The number of carbonyl (C=O) groups is 1. The highest BCUT2D eigenvalue weighted by atomic mass is 32.1. The lowest BCUT2D eigenvalue weighted by Crippen LogP contribution is -2.61. The SMILES string of the molecule is Nc1nc(C(O)(O)C(=O)Nc2ccc(C(O)(O)C(O)(O)NCCc3c(O)c(O)c(O)c(O)c3O)cc2)cs1. The molecular formula is C21H24N4O12S. The van der Waals surface area contributed by atoms with Crippen LogP contribution in [0, 0.1) is 0 Å². The van der Waals surface area contributed by atoms with Crippen LogP contribution in [0.5, 0.6) is 28.7 Å². The lowest BCUT2D eigenvalue weighted by atomic mass is 10.0. The van der Waals surface area contributed by atoms with E-state index in [-0.39, 0.29) is 10.8 Å². The maximum Gasteiger partial charge on any atom is 0.291 e. The third kappa shape index (κ3) is 5.21. The Labute approximate surface area is 216 Å². The number of nitrogen functional groups attached to an aromatic ring is 1. The first-order valence-electron chi connectivity index (χ1n) is 10.4. The molecule has 0 bridgehead atoms. The zero-order chi connectivity index (χ0) is 28.6. The topological polar surface area (TPSA) is 303 Å². The van der Waals surface area contributed by atoms with Gasteiger partial charge in [0.1, 0.15) is 5.69 Å². The third-order valence-electron chi connectivity index (χ3n) is 5.44. The summed E-state index contributed by atoms with van der Waals surface area (Å²) in [5, 5.41) is 115. The van der Waals surface area contributed by atoms with Gasteiger partial charge in [-0.25, -0.2) is 4.98 Å². The molecule has 0 radical (unpaired) electrons. The zero-order valence-corrected chi connectivity index (χ0v) is 19.9. The molecular weight excluding hydrogens is 532 g/mol. The number of aromatic hydroxyl groups is 5. The zero-order valence-electron chi connectivity index (χ0n) is 19.1. The lowest BCUT2D eigenvalue weighted by Gasteiger charge is -2.35. The van der Waals surface area contributed by atoms with Crippen LogP contribution in [0.1, 0.15) is 16.8 Å². The minimum atomic E-state index is -3.46. The van der Waals surface area contributed by atoms with Crippen molar-refractivity contribution in [2.75, 3.05) is 17.6 Å². The maximum atomic E-state index is 12.3. The summed E-state index contributed by atoms with van der Waals surface area (Å²) in [4.78, 5) is 15.9. The number of nitrogens with zero attached hydrogens (tertiary/aromatic N) is 1. The van der Waals surface area contributed by atoms with Gasteiger partial charge in [0, 0.05) is 28.7 Å². The van der Waals surface area contributed by atoms with Crippen molar-refractivity contribution in [3.8, 4) is 28.7 Å². The molecule has 2 aromatic carbocycles. The molecule has 0 aliphatic carbocycles. The summed E-state index contributed by atoms with van der Waals surface area (Å²) in [6.45, 7) is -0.592. The molecule has 15 N–H and O–H groups in total. The summed E-state index contributed by atoms with van der Waals surface area (Å²) in [5.41, 5.74) is 3.92. The number of carbonyl (C=O) groups excluding carboxylic acids is 1. The molecule has 0 aliphatic rings. The van der Waals surface area contributed by atoms with Crippen molar-refractivity contribution < 1.29 is 61.0 Å². The number of amides is 1. The predicted octanol–water partition coefficient (Wildman–Crippen LogP) is -2.36. The molecule has 1 aromatic heterocycles. The largest absolute Gasteiger partial charge is 0.504 e. The van der Waals surface area contributed by atoms with Crippen LogP contribution >= 0.6 is 11.3 Å². The van der Waals surface area contributed by atoms with E-state index in [0.29, 0.717) is 0 Å². The molecule has 0 spiro atoms. The quantitative estimate of drug-likeness (QED) is 0.0744. The summed E-state index contributed by atoms with van der Waals surface area (Å²) < 4.78 is 0. The molecule has 0 saturated heterocycles. The summed E-state index contributed by atoms with van der Waals surface area (Å²) in [6, 6.07) is 4.08. The Bertz CT molecular complexity index is 1310. The van der Waals surface area contributed by atoms with E-state index in [0.717, 1.165) is 41.0 Å². The number of hydrogen-bond acceptors (Lipinski definition) is 16. The van der Waals surface area contributed by atoms with Crippen molar-refractivity contribution in [3.63, 3.8) is 0 Å². The number of rotatable bonds is 9. The number of phenolic OH excluding ortho intramolecular Hbond substituents is 5. The highest BCUT2D eigenvalue weighted by molar-refractivity contribution is 7.13. The summed E-state index contributed by atoms with van der Waals surface area (Å²) in [6.07, 6.45) is -0.516. The Morgan fingerprint density at radius 1 is 0.868 bits per heavy atom. The first-order valence-corrected chi connectivity index (χ1v) is 11.3. The van der Waals surface area contributed by atoms with E-state index in [9.17, 15) is 61.0 Å². The molecule has 3 aromatic rings. The Hall–Kier alpha value is -3.94. The van der Waals surface area contributed by atoms with Gasteiger partial charge in [-0.3, -0.25) is 10.1 Å². The molecule has 38 heavy (non-hydrogen) atoms. The standard InChI is InChI=1S/C21H24N4O12S/c22-18-25-11(7-38-18)19(32,33)17(31)24-9-3-1-8(2-4-9)20(34,35)21(36,37)23-6-5-10-12(26)14(28)16(30)15(29)13(10)27/h1-4,7,23,26-30,32-37H,5-6H2,(H2,22,25)(H,24,31). The second-order valence-corrected chi connectivity index (χ2v) is 8.91. The Morgan fingerprint density at radius 3 is 1.89 bits per heavy atom. The monoisotopic (exact) mass is 556 g/mol. The Kier molecular flexibility index (Phi) is 7.59. The van der Waals surface area contributed by atoms with Gasteiger partial charge in [0.05, 0.1) is 0 Å². The number of benzene rings is 2. The number of nitrogens with one attached hydrogen (secondary N) is 2.